The van der Waals surface area contributed by atoms with E-state index in [9.17, 15) is 4.79 Å². The molecule has 0 aromatic heterocycles. The number of ether oxygens (including phenoxy) is 1. The second-order valence-corrected chi connectivity index (χ2v) is 6.04. The molecule has 2 aromatic rings. The summed E-state index contributed by atoms with van der Waals surface area (Å²) in [6.45, 7) is 3.91. The summed E-state index contributed by atoms with van der Waals surface area (Å²) in [7, 11) is 0. The molecule has 5 heteroatoms. The van der Waals surface area contributed by atoms with E-state index in [1.165, 1.54) is 0 Å². The summed E-state index contributed by atoms with van der Waals surface area (Å²) in [6, 6.07) is 14.8. The maximum absolute atomic E-state index is 12.5. The number of hydrogen-bond donors (Lipinski definition) is 1. The number of anilines is 1. The minimum Gasteiger partial charge on any atom is -0.492 e. The molecule has 0 radical (unpaired) electrons. The number of amides is 1. The molecule has 1 aliphatic rings. The first-order valence-corrected chi connectivity index (χ1v) is 8.02. The molecule has 0 spiro atoms. The summed E-state index contributed by atoms with van der Waals surface area (Å²) in [5, 5.41) is 3.58. The quantitative estimate of drug-likeness (QED) is 0.935. The fourth-order valence-corrected chi connectivity index (χ4v) is 2.75. The van der Waals surface area contributed by atoms with Crippen LogP contribution in [0.4, 0.5) is 5.69 Å². The number of halogens is 1. The molecule has 2 aromatic carbocycles. The second kappa shape index (κ2) is 7.02. The van der Waals surface area contributed by atoms with Gasteiger partial charge in [-0.05, 0) is 37.3 Å². The fourth-order valence-electron chi connectivity index (χ4n) is 2.62. The van der Waals surface area contributed by atoms with Crippen LogP contribution in [0.15, 0.2) is 48.5 Å². The van der Waals surface area contributed by atoms with Gasteiger partial charge in [0.05, 0.1) is 6.04 Å². The molecule has 1 heterocycles. The monoisotopic (exact) mass is 330 g/mol. The van der Waals surface area contributed by atoms with Gasteiger partial charge in [-0.15, -0.1) is 0 Å². The van der Waals surface area contributed by atoms with Gasteiger partial charge in [-0.3, -0.25) is 9.69 Å². The average Bonchev–Trinajstić information content (AvgIpc) is 2.78. The van der Waals surface area contributed by atoms with Gasteiger partial charge in [0.2, 0.25) is 5.91 Å². The normalized spacial score (nSPS) is 15.9. The molecule has 1 aliphatic heterocycles. The summed E-state index contributed by atoms with van der Waals surface area (Å²) in [4.78, 5) is 14.6. The molecule has 1 N–H and O–H groups in total. The molecule has 1 atom stereocenters. The summed E-state index contributed by atoms with van der Waals surface area (Å²) in [6.07, 6.45) is 0. The molecule has 4 nitrogen and oxygen atoms in total. The zero-order valence-electron chi connectivity index (χ0n) is 13.0. The van der Waals surface area contributed by atoms with E-state index in [1.807, 2.05) is 31.2 Å². The van der Waals surface area contributed by atoms with E-state index in [0.29, 0.717) is 24.7 Å². The lowest BCUT2D eigenvalue weighted by Crippen LogP contribution is -2.42. The molecular weight excluding hydrogens is 312 g/mol. The smallest absolute Gasteiger partial charge is 0.241 e. The molecule has 0 bridgehead atoms. The van der Waals surface area contributed by atoms with Crippen LogP contribution in [0.2, 0.25) is 5.02 Å². The third kappa shape index (κ3) is 3.84. The Morgan fingerprint density at radius 2 is 1.96 bits per heavy atom. The second-order valence-electron chi connectivity index (χ2n) is 5.60. The van der Waals surface area contributed by atoms with Crippen molar-refractivity contribution in [2.24, 2.45) is 0 Å². The van der Waals surface area contributed by atoms with Crippen LogP contribution >= 0.6 is 11.6 Å². The first kappa shape index (κ1) is 15.8. The number of benzene rings is 2. The third-order valence-electron chi connectivity index (χ3n) is 4.02. The van der Waals surface area contributed by atoms with Crippen molar-refractivity contribution in [2.75, 3.05) is 18.5 Å². The first-order valence-electron chi connectivity index (χ1n) is 7.64. The lowest BCUT2D eigenvalue weighted by atomic mass is 10.1. The zero-order valence-corrected chi connectivity index (χ0v) is 13.7. The minimum atomic E-state index is -0.250. The van der Waals surface area contributed by atoms with Crippen LogP contribution in [0, 0.1) is 0 Å². The number of carbonyl (C=O) groups is 1. The SMILES string of the molecule is CC(C(=O)Nc1ccc(Cl)cc1)N1CCOc2ccccc2C1. The van der Waals surface area contributed by atoms with Gasteiger partial charge in [-0.1, -0.05) is 29.8 Å². The Morgan fingerprint density at radius 1 is 1.22 bits per heavy atom. The fraction of sp³-hybridized carbons (Fsp3) is 0.278. The van der Waals surface area contributed by atoms with Crippen LogP contribution in [-0.4, -0.2) is 30.0 Å². The van der Waals surface area contributed by atoms with E-state index in [2.05, 4.69) is 10.2 Å². The van der Waals surface area contributed by atoms with E-state index >= 15 is 0 Å². The number of carbonyl (C=O) groups excluding carboxylic acids is 1. The van der Waals surface area contributed by atoms with Crippen molar-refractivity contribution in [3.63, 3.8) is 0 Å². The Hall–Kier alpha value is -2.04. The summed E-state index contributed by atoms with van der Waals surface area (Å²) >= 11 is 5.86. The Kier molecular flexibility index (Phi) is 4.84. The molecule has 120 valence electrons. The molecule has 23 heavy (non-hydrogen) atoms. The molecule has 0 saturated heterocycles. The maximum atomic E-state index is 12.5. The summed E-state index contributed by atoms with van der Waals surface area (Å²) in [5.41, 5.74) is 1.86. The number of fused-ring (bicyclic) bond motifs is 1. The van der Waals surface area contributed by atoms with Crippen molar-refractivity contribution < 1.29 is 9.53 Å². The first-order chi connectivity index (χ1) is 11.1. The van der Waals surface area contributed by atoms with Gasteiger partial charge in [-0.2, -0.15) is 0 Å². The van der Waals surface area contributed by atoms with Crippen molar-refractivity contribution in [2.45, 2.75) is 19.5 Å². The van der Waals surface area contributed by atoms with Gasteiger partial charge in [0.15, 0.2) is 0 Å². The molecule has 0 saturated carbocycles. The number of nitrogens with one attached hydrogen (secondary N) is 1. The maximum Gasteiger partial charge on any atom is 0.241 e. The topological polar surface area (TPSA) is 41.6 Å². The van der Waals surface area contributed by atoms with E-state index in [0.717, 1.165) is 17.0 Å². The highest BCUT2D eigenvalue weighted by molar-refractivity contribution is 6.30. The van der Waals surface area contributed by atoms with Gasteiger partial charge < -0.3 is 10.1 Å². The van der Waals surface area contributed by atoms with E-state index in [1.54, 1.807) is 24.3 Å². The van der Waals surface area contributed by atoms with Crippen LogP contribution in [0.1, 0.15) is 12.5 Å². The Labute approximate surface area is 141 Å². The molecule has 0 fully saturated rings. The van der Waals surface area contributed by atoms with Gasteiger partial charge >= 0.3 is 0 Å². The van der Waals surface area contributed by atoms with Crippen molar-refractivity contribution >= 4 is 23.2 Å². The summed E-state index contributed by atoms with van der Waals surface area (Å²) in [5.74, 6) is 0.868. The lowest BCUT2D eigenvalue weighted by molar-refractivity contribution is -0.121. The van der Waals surface area contributed by atoms with E-state index in [-0.39, 0.29) is 11.9 Å². The van der Waals surface area contributed by atoms with Crippen molar-refractivity contribution in [1.29, 1.82) is 0 Å². The molecule has 0 aliphatic carbocycles. The van der Waals surface area contributed by atoms with Crippen LogP contribution in [-0.2, 0) is 11.3 Å². The van der Waals surface area contributed by atoms with Gasteiger partial charge in [0.25, 0.3) is 0 Å². The minimum absolute atomic E-state index is 0.0355. The number of rotatable bonds is 3. The Balaban J connectivity index is 1.68. The Bertz CT molecular complexity index is 688. The van der Waals surface area contributed by atoms with E-state index < -0.39 is 0 Å². The predicted molar refractivity (Wildman–Crippen MR) is 91.9 cm³/mol. The largest absolute Gasteiger partial charge is 0.492 e. The van der Waals surface area contributed by atoms with Gasteiger partial charge in [-0.25, -0.2) is 0 Å². The highest BCUT2D eigenvalue weighted by Crippen LogP contribution is 2.23. The van der Waals surface area contributed by atoms with Crippen LogP contribution in [0.25, 0.3) is 0 Å². The molecule has 1 amide bonds. The van der Waals surface area contributed by atoms with Gasteiger partial charge in [0, 0.05) is 29.4 Å². The number of para-hydroxylation sites is 1. The van der Waals surface area contributed by atoms with Crippen LogP contribution in [0.3, 0.4) is 0 Å². The van der Waals surface area contributed by atoms with Crippen molar-refractivity contribution in [1.82, 2.24) is 4.90 Å². The Morgan fingerprint density at radius 3 is 2.74 bits per heavy atom. The zero-order chi connectivity index (χ0) is 16.2. The highest BCUT2D eigenvalue weighted by atomic mass is 35.5. The summed E-state index contributed by atoms with van der Waals surface area (Å²) < 4.78 is 5.75. The predicted octanol–water partition coefficient (Wildman–Crippen LogP) is 3.56. The van der Waals surface area contributed by atoms with Crippen LogP contribution < -0.4 is 10.1 Å². The highest BCUT2D eigenvalue weighted by Gasteiger charge is 2.24. The average molecular weight is 331 g/mol. The van der Waals surface area contributed by atoms with Crippen LogP contribution in [0.5, 0.6) is 5.75 Å². The van der Waals surface area contributed by atoms with Gasteiger partial charge in [0.1, 0.15) is 12.4 Å². The molecule has 3 rings (SSSR count). The number of hydrogen-bond acceptors (Lipinski definition) is 3. The van der Waals surface area contributed by atoms with Crippen molar-refractivity contribution in [3.05, 3.63) is 59.1 Å². The third-order valence-corrected chi connectivity index (χ3v) is 4.27. The molecule has 1 unspecified atom stereocenters. The lowest BCUT2D eigenvalue weighted by Gasteiger charge is -2.26. The standard InChI is InChI=1S/C18H19ClN2O2/c1-13(18(22)20-16-8-6-15(19)7-9-16)21-10-11-23-17-5-3-2-4-14(17)12-21/h2-9,13H,10-12H2,1H3,(H,20,22). The van der Waals surface area contributed by atoms with E-state index in [4.69, 9.17) is 16.3 Å². The molecular formula is C18H19ClN2O2. The van der Waals surface area contributed by atoms with Crippen molar-refractivity contribution in [3.8, 4) is 5.75 Å². The number of nitrogens with zero attached hydrogens (tertiary/aromatic N) is 1.